The second kappa shape index (κ2) is 17.6. The molecule has 2 heterocycles. The second-order valence-corrected chi connectivity index (χ2v) is 10.7. The first-order valence-corrected chi connectivity index (χ1v) is 15.5. The topological polar surface area (TPSA) is 230 Å². The van der Waals surface area contributed by atoms with Crippen LogP contribution in [0, 0.1) is 19.3 Å². The first-order chi connectivity index (χ1) is 24.5. The number of H-pyrrole nitrogens is 1. The van der Waals surface area contributed by atoms with E-state index in [1.54, 1.807) is 51.1 Å². The normalized spacial score (nSPS) is 11.5. The Balaban J connectivity index is 1.57. The number of anilines is 2. The summed E-state index contributed by atoms with van der Waals surface area (Å²) in [6, 6.07) is 13.7. The van der Waals surface area contributed by atoms with Crippen molar-refractivity contribution in [3.8, 4) is 0 Å². The highest BCUT2D eigenvalue weighted by molar-refractivity contribution is 6.24. The van der Waals surface area contributed by atoms with Crippen molar-refractivity contribution < 1.29 is 42.7 Å². The van der Waals surface area contributed by atoms with Crippen LogP contribution in [0.4, 0.5) is 21.1 Å². The molecule has 0 radical (unpaired) electrons. The average Bonchev–Trinajstić information content (AvgIpc) is 3.77. The number of hydrogen-bond donors (Lipinski definition) is 5. The second-order valence-electron chi connectivity index (χ2n) is 10.7. The number of amides is 4. The highest BCUT2D eigenvalue weighted by Crippen LogP contribution is 2.27. The van der Waals surface area contributed by atoms with Crippen LogP contribution in [0.3, 0.4) is 0 Å². The summed E-state index contributed by atoms with van der Waals surface area (Å²) in [4.78, 5) is 72.5. The van der Waals surface area contributed by atoms with Crippen molar-refractivity contribution in [2.45, 2.75) is 40.3 Å². The number of rotatable bonds is 13. The molecule has 0 saturated heterocycles. The number of hydrogen-bond acceptors (Lipinski definition) is 11. The number of nitrogens with one attached hydrogen (secondary N) is 5. The number of ether oxygens (including phenoxy) is 3. The summed E-state index contributed by atoms with van der Waals surface area (Å²) in [5, 5.41) is 19.1. The van der Waals surface area contributed by atoms with Gasteiger partial charge in [0.2, 0.25) is 6.79 Å². The first kappa shape index (κ1) is 37.0. The van der Waals surface area contributed by atoms with Crippen LogP contribution in [-0.4, -0.2) is 71.7 Å². The quantitative estimate of drug-likeness (QED) is 0.0570. The van der Waals surface area contributed by atoms with Gasteiger partial charge >= 0.3 is 18.2 Å². The van der Waals surface area contributed by atoms with Crippen LogP contribution in [0.15, 0.2) is 76.6 Å². The molecule has 51 heavy (non-hydrogen) atoms. The Kier molecular flexibility index (Phi) is 12.8. The van der Waals surface area contributed by atoms with Gasteiger partial charge in [0.15, 0.2) is 11.7 Å². The highest BCUT2D eigenvalue weighted by Gasteiger charge is 2.31. The molecular formula is C34H36N8O9. The predicted molar refractivity (Wildman–Crippen MR) is 184 cm³/mol. The molecule has 0 fully saturated rings. The summed E-state index contributed by atoms with van der Waals surface area (Å²) in [6.45, 7) is 5.84. The minimum atomic E-state index is -1.17. The van der Waals surface area contributed by atoms with Crippen LogP contribution >= 0.6 is 0 Å². The predicted octanol–water partition coefficient (Wildman–Crippen LogP) is 4.43. The molecule has 0 spiro atoms. The highest BCUT2D eigenvalue weighted by atomic mass is 16.7. The zero-order chi connectivity index (χ0) is 36.9. The maximum atomic E-state index is 13.9. The lowest BCUT2D eigenvalue weighted by Gasteiger charge is -2.25. The van der Waals surface area contributed by atoms with Crippen molar-refractivity contribution >= 4 is 53.6 Å². The van der Waals surface area contributed by atoms with Crippen LogP contribution in [-0.2, 0) is 25.6 Å². The van der Waals surface area contributed by atoms with Gasteiger partial charge < -0.3 is 39.7 Å². The Hall–Kier alpha value is -6.78. The van der Waals surface area contributed by atoms with Crippen molar-refractivity contribution in [3.05, 3.63) is 101 Å². The number of benzene rings is 2. The maximum Gasteiger partial charge on any atom is 0.423 e. The Morgan fingerprint density at radius 2 is 1.80 bits per heavy atom. The van der Waals surface area contributed by atoms with Crippen molar-refractivity contribution in [2.24, 2.45) is 4.99 Å². The van der Waals surface area contributed by atoms with E-state index in [0.717, 1.165) is 10.5 Å². The molecule has 17 heteroatoms. The zero-order valence-electron chi connectivity index (χ0n) is 28.1. The van der Waals surface area contributed by atoms with Gasteiger partial charge in [-0.1, -0.05) is 41.6 Å². The van der Waals surface area contributed by atoms with Crippen molar-refractivity contribution in [3.63, 3.8) is 0 Å². The van der Waals surface area contributed by atoms with E-state index in [2.05, 4.69) is 31.1 Å². The molecule has 0 aliphatic carbocycles. The summed E-state index contributed by atoms with van der Waals surface area (Å²) in [6.07, 6.45) is 1.40. The number of nitrogens with zero attached hydrogens (tertiary/aromatic N) is 3. The molecule has 2 aromatic carbocycles. The summed E-state index contributed by atoms with van der Waals surface area (Å²) < 4.78 is 20.3. The molecule has 266 valence electrons. The van der Waals surface area contributed by atoms with Gasteiger partial charge in [0.05, 0.1) is 16.9 Å². The van der Waals surface area contributed by atoms with Crippen molar-refractivity contribution in [1.29, 1.82) is 5.41 Å². The first-order valence-electron chi connectivity index (χ1n) is 15.5. The van der Waals surface area contributed by atoms with Gasteiger partial charge in [0.25, 0.3) is 11.8 Å². The molecule has 5 N–H and O–H groups in total. The third-order valence-corrected chi connectivity index (χ3v) is 7.20. The fourth-order valence-electron chi connectivity index (χ4n) is 4.60. The molecule has 0 saturated carbocycles. The van der Waals surface area contributed by atoms with Crippen molar-refractivity contribution in [1.82, 2.24) is 20.8 Å². The molecule has 17 nitrogen and oxygen atoms in total. The molecule has 4 rings (SSSR count). The molecule has 4 aromatic rings. The zero-order valence-corrected chi connectivity index (χ0v) is 28.1. The Labute approximate surface area is 291 Å². The largest absolute Gasteiger partial charge is 0.445 e. The number of carbonyl (C=O) groups excluding carboxylic acids is 5. The SMILES string of the molecule is CCNC(=O)c1c[nH]c(C(=NC=N)N(C(=O)OCOC(=O)C(C)NC(=O)OCc2ccccc2)c2cc(C(=O)Nc3ccon3)ccc2C)c1C. The van der Waals surface area contributed by atoms with Crippen LogP contribution in [0.2, 0.25) is 0 Å². The molecule has 4 amide bonds. The fourth-order valence-corrected chi connectivity index (χ4v) is 4.60. The summed E-state index contributed by atoms with van der Waals surface area (Å²) in [5.74, 6) is -1.94. The Morgan fingerprint density at radius 3 is 2.49 bits per heavy atom. The van der Waals surface area contributed by atoms with E-state index >= 15 is 0 Å². The van der Waals surface area contributed by atoms with Crippen LogP contribution < -0.4 is 20.9 Å². The lowest BCUT2D eigenvalue weighted by Crippen LogP contribution is -2.42. The van der Waals surface area contributed by atoms with Gasteiger partial charge in [-0.25, -0.2) is 24.3 Å². The van der Waals surface area contributed by atoms with Gasteiger partial charge in [-0.2, -0.15) is 0 Å². The number of carbonyl (C=O) groups is 5. The van der Waals surface area contributed by atoms with Gasteiger partial charge in [-0.05, 0) is 56.5 Å². The third-order valence-electron chi connectivity index (χ3n) is 7.20. The van der Waals surface area contributed by atoms with Gasteiger partial charge in [0.1, 0.15) is 25.3 Å². The fraction of sp³-hybridized carbons (Fsp3) is 0.235. The summed E-state index contributed by atoms with van der Waals surface area (Å²) in [7, 11) is 0. The average molecular weight is 701 g/mol. The van der Waals surface area contributed by atoms with E-state index in [9.17, 15) is 24.0 Å². The summed E-state index contributed by atoms with van der Waals surface area (Å²) >= 11 is 0. The molecule has 2 aromatic heterocycles. The Bertz CT molecular complexity index is 1910. The van der Waals surface area contributed by atoms with Crippen LogP contribution in [0.1, 0.15) is 56.9 Å². The minimum Gasteiger partial charge on any atom is -0.445 e. The van der Waals surface area contributed by atoms with E-state index in [4.69, 9.17) is 24.1 Å². The number of aliphatic imine (C=N–C) groups is 1. The van der Waals surface area contributed by atoms with Gasteiger partial charge in [-0.3, -0.25) is 15.0 Å². The number of aromatic amines is 1. The molecular weight excluding hydrogens is 664 g/mol. The lowest BCUT2D eigenvalue weighted by molar-refractivity contribution is -0.153. The maximum absolute atomic E-state index is 13.9. The van der Waals surface area contributed by atoms with E-state index < -0.39 is 36.9 Å². The van der Waals surface area contributed by atoms with Crippen molar-refractivity contribution in [2.75, 3.05) is 23.6 Å². The van der Waals surface area contributed by atoms with E-state index in [1.807, 2.05) is 6.07 Å². The van der Waals surface area contributed by atoms with Crippen LogP contribution in [0.5, 0.6) is 0 Å². The number of aryl methyl sites for hydroxylation is 1. The monoisotopic (exact) mass is 700 g/mol. The van der Waals surface area contributed by atoms with Gasteiger partial charge in [-0.15, -0.1) is 0 Å². The summed E-state index contributed by atoms with van der Waals surface area (Å²) in [5.41, 5.74) is 2.25. The van der Waals surface area contributed by atoms with E-state index in [0.29, 0.717) is 24.0 Å². The number of esters is 1. The molecule has 1 atom stereocenters. The minimum absolute atomic E-state index is 0.0188. The van der Waals surface area contributed by atoms with E-state index in [-0.39, 0.29) is 46.7 Å². The smallest absolute Gasteiger partial charge is 0.423 e. The number of amidine groups is 1. The van der Waals surface area contributed by atoms with Crippen LogP contribution in [0.25, 0.3) is 0 Å². The number of alkyl carbamates (subject to hydrolysis) is 1. The van der Waals surface area contributed by atoms with E-state index in [1.165, 1.54) is 37.6 Å². The third kappa shape index (κ3) is 9.65. The molecule has 0 aliphatic rings. The van der Waals surface area contributed by atoms with Gasteiger partial charge in [0, 0.05) is 24.4 Å². The Morgan fingerprint density at radius 1 is 1.04 bits per heavy atom. The molecule has 1 unspecified atom stereocenters. The molecule has 0 bridgehead atoms. The number of aromatic nitrogens is 2. The standard InChI is InChI=1S/C34H36N8O9/c1-5-36-31(44)25-16-37-28(21(25)3)29(38-18-35)42(26-15-24(12-11-20(26)2)30(43)40-27-13-14-51-41-27)34(47)50-19-49-32(45)22(4)39-33(46)48-17-23-9-7-6-8-10-23/h6-16,18,22,35,37H,5,17,19H2,1-4H3,(H,36,44)(H,39,46)(H,40,41,43). The lowest BCUT2D eigenvalue weighted by atomic mass is 10.1. The molecule has 0 aliphatic heterocycles.